The molecule has 12 nitrogen and oxygen atoms in total. The monoisotopic (exact) mass is 655 g/mol. The molecule has 0 fully saturated rings. The van der Waals surface area contributed by atoms with Gasteiger partial charge < -0.3 is 29.4 Å². The van der Waals surface area contributed by atoms with Gasteiger partial charge in [-0.3, -0.25) is 29.0 Å². The van der Waals surface area contributed by atoms with E-state index < -0.39 is 29.6 Å². The third-order valence-corrected chi connectivity index (χ3v) is 8.83. The first kappa shape index (κ1) is 43.7. The number of rotatable bonds is 17. The molecule has 0 saturated heterocycles. The molecule has 0 spiro atoms. The van der Waals surface area contributed by atoms with Crippen molar-refractivity contribution in [1.82, 2.24) is 39.2 Å². The summed E-state index contributed by atoms with van der Waals surface area (Å²) >= 11 is 0. The third kappa shape index (κ3) is 12.1. The molecule has 0 rings (SSSR count). The zero-order valence-corrected chi connectivity index (χ0v) is 32.9. The minimum absolute atomic E-state index is 0.114. The molecule has 0 aromatic carbocycles. The second-order valence-electron chi connectivity index (χ2n) is 15.8. The SMILES string of the molecule is CC(C)C(C(=O)N(C)CC(N(C)C(=O)C(C(C)C)N(C)C(=O)C(CN(C)C)N(C)C)C(C)(C)C)N(C)C(=O)C(CN(C)C)N(C)C. The Balaban J connectivity index is 6.38. The van der Waals surface area contributed by atoms with Crippen LogP contribution in [0.2, 0.25) is 0 Å². The second kappa shape index (κ2) is 18.3. The van der Waals surface area contributed by atoms with E-state index >= 15 is 0 Å². The van der Waals surface area contributed by atoms with Crippen LogP contribution in [-0.2, 0) is 19.2 Å². The quantitative estimate of drug-likeness (QED) is 0.232. The molecule has 0 N–H and O–H groups in total. The maximum absolute atomic E-state index is 14.3. The van der Waals surface area contributed by atoms with Crippen molar-refractivity contribution in [2.24, 2.45) is 17.3 Å². The fourth-order valence-electron chi connectivity index (χ4n) is 6.07. The molecule has 0 saturated carbocycles. The van der Waals surface area contributed by atoms with Gasteiger partial charge in [0.1, 0.15) is 24.2 Å². The van der Waals surface area contributed by atoms with Crippen molar-refractivity contribution in [3.8, 4) is 0 Å². The van der Waals surface area contributed by atoms with Crippen LogP contribution < -0.4 is 0 Å². The fourth-order valence-corrected chi connectivity index (χ4v) is 6.07. The van der Waals surface area contributed by atoms with E-state index in [4.69, 9.17) is 0 Å². The van der Waals surface area contributed by atoms with Gasteiger partial charge in [-0.2, -0.15) is 0 Å². The van der Waals surface area contributed by atoms with E-state index in [1.165, 1.54) is 0 Å². The summed E-state index contributed by atoms with van der Waals surface area (Å²) in [7, 11) is 22.1. The van der Waals surface area contributed by atoms with Crippen molar-refractivity contribution in [2.45, 2.75) is 78.7 Å². The maximum atomic E-state index is 14.3. The molecule has 0 bridgehead atoms. The summed E-state index contributed by atoms with van der Waals surface area (Å²) in [5.74, 6) is -0.834. The molecule has 0 aromatic rings. The zero-order valence-electron chi connectivity index (χ0n) is 32.9. The molecule has 0 aromatic heterocycles. The van der Waals surface area contributed by atoms with Gasteiger partial charge in [-0.15, -0.1) is 0 Å². The summed E-state index contributed by atoms with van der Waals surface area (Å²) < 4.78 is 0. The van der Waals surface area contributed by atoms with Crippen LogP contribution >= 0.6 is 0 Å². The maximum Gasteiger partial charge on any atom is 0.245 e. The van der Waals surface area contributed by atoms with Crippen LogP contribution in [0.1, 0.15) is 48.5 Å². The van der Waals surface area contributed by atoms with Gasteiger partial charge in [0.05, 0.1) is 6.04 Å². The minimum Gasteiger partial charge on any atom is -0.342 e. The summed E-state index contributed by atoms with van der Waals surface area (Å²) in [6.45, 7) is 15.3. The van der Waals surface area contributed by atoms with Gasteiger partial charge in [-0.05, 0) is 73.6 Å². The average molecular weight is 655 g/mol. The lowest BCUT2D eigenvalue weighted by atomic mass is 9.84. The lowest BCUT2D eigenvalue weighted by molar-refractivity contribution is -0.153. The molecule has 0 radical (unpaired) electrons. The van der Waals surface area contributed by atoms with Gasteiger partial charge >= 0.3 is 0 Å². The number of hydrogen-bond acceptors (Lipinski definition) is 8. The number of hydrogen-bond donors (Lipinski definition) is 0. The van der Waals surface area contributed by atoms with Gasteiger partial charge in [0, 0.05) is 47.8 Å². The van der Waals surface area contributed by atoms with Gasteiger partial charge in [-0.25, -0.2) is 0 Å². The highest BCUT2D eigenvalue weighted by Gasteiger charge is 2.42. The summed E-state index contributed by atoms with van der Waals surface area (Å²) in [5, 5.41) is 0. The van der Waals surface area contributed by atoms with E-state index in [0.29, 0.717) is 13.1 Å². The number of likely N-dealkylation sites (N-methyl/N-ethyl adjacent to an activating group) is 8. The smallest absolute Gasteiger partial charge is 0.245 e. The summed E-state index contributed by atoms with van der Waals surface area (Å²) in [5.41, 5.74) is -0.392. The lowest BCUT2D eigenvalue weighted by Crippen LogP contribution is -2.61. The van der Waals surface area contributed by atoms with Gasteiger partial charge in [0.15, 0.2) is 0 Å². The lowest BCUT2D eigenvalue weighted by Gasteiger charge is -2.44. The molecule has 5 unspecified atom stereocenters. The number of amides is 4. The van der Waals surface area contributed by atoms with Crippen LogP contribution in [0, 0.1) is 17.3 Å². The Morgan fingerprint density at radius 1 is 0.478 bits per heavy atom. The molecule has 0 aliphatic rings. The second-order valence-corrected chi connectivity index (χ2v) is 15.8. The Labute approximate surface area is 282 Å². The molecular formula is C34H70N8O4. The summed E-state index contributed by atoms with van der Waals surface area (Å²) in [6, 6.07) is -2.51. The van der Waals surface area contributed by atoms with Crippen LogP contribution in [0.25, 0.3) is 0 Å². The van der Waals surface area contributed by atoms with Crippen LogP contribution in [0.15, 0.2) is 0 Å². The predicted molar refractivity (Wildman–Crippen MR) is 188 cm³/mol. The first-order valence-corrected chi connectivity index (χ1v) is 16.5. The van der Waals surface area contributed by atoms with Crippen LogP contribution in [0.3, 0.4) is 0 Å². The van der Waals surface area contributed by atoms with E-state index in [1.807, 2.05) is 104 Å². The topological polar surface area (TPSA) is 94.2 Å². The Morgan fingerprint density at radius 2 is 0.804 bits per heavy atom. The highest BCUT2D eigenvalue weighted by atomic mass is 16.2. The highest BCUT2D eigenvalue weighted by molar-refractivity contribution is 5.91. The predicted octanol–water partition coefficient (Wildman–Crippen LogP) is 1.27. The third-order valence-electron chi connectivity index (χ3n) is 8.83. The van der Waals surface area contributed by atoms with Gasteiger partial charge in [0.2, 0.25) is 23.6 Å². The van der Waals surface area contributed by atoms with Crippen molar-refractivity contribution >= 4 is 23.6 Å². The van der Waals surface area contributed by atoms with Crippen molar-refractivity contribution in [3.63, 3.8) is 0 Å². The van der Waals surface area contributed by atoms with E-state index in [9.17, 15) is 19.2 Å². The largest absolute Gasteiger partial charge is 0.342 e. The molecular weight excluding hydrogens is 584 g/mol. The molecule has 270 valence electrons. The molecule has 4 amide bonds. The fraction of sp³-hybridized carbons (Fsp3) is 0.882. The van der Waals surface area contributed by atoms with Crippen molar-refractivity contribution in [2.75, 3.05) is 104 Å². The van der Waals surface area contributed by atoms with Crippen molar-refractivity contribution in [3.05, 3.63) is 0 Å². The van der Waals surface area contributed by atoms with Crippen LogP contribution in [-0.4, -0.2) is 197 Å². The summed E-state index contributed by atoms with van der Waals surface area (Å²) in [6.07, 6.45) is 0. The summed E-state index contributed by atoms with van der Waals surface area (Å²) in [4.78, 5) is 70.1. The molecule has 46 heavy (non-hydrogen) atoms. The average Bonchev–Trinajstić information content (AvgIpc) is 2.90. The van der Waals surface area contributed by atoms with E-state index in [2.05, 4.69) is 20.8 Å². The molecule has 5 atom stereocenters. The Morgan fingerprint density at radius 3 is 1.07 bits per heavy atom. The Kier molecular flexibility index (Phi) is 17.4. The minimum atomic E-state index is -0.681. The van der Waals surface area contributed by atoms with Gasteiger partial charge in [-0.1, -0.05) is 48.5 Å². The first-order valence-electron chi connectivity index (χ1n) is 16.5. The number of carbonyl (C=O) groups is 4. The van der Waals surface area contributed by atoms with Gasteiger partial charge in [0.25, 0.3) is 0 Å². The Hall–Kier alpha value is -2.28. The molecule has 0 heterocycles. The number of carbonyl (C=O) groups excluding carboxylic acids is 4. The molecule has 0 aliphatic carbocycles. The normalized spacial score (nSPS) is 15.8. The zero-order chi connectivity index (χ0) is 36.6. The van der Waals surface area contributed by atoms with Crippen molar-refractivity contribution < 1.29 is 19.2 Å². The van der Waals surface area contributed by atoms with E-state index in [1.54, 1.807) is 47.8 Å². The Bertz CT molecular complexity index is 992. The van der Waals surface area contributed by atoms with E-state index in [0.717, 1.165) is 0 Å². The van der Waals surface area contributed by atoms with E-state index in [-0.39, 0.29) is 48.1 Å². The molecule has 12 heteroatoms. The number of nitrogens with zero attached hydrogens (tertiary/aromatic N) is 8. The standard InChI is InChI=1S/C34H70N8O4/c1-23(2)28(41(18)30(43)25(37(12)13)20-35(8)9)32(45)39(16)22-27(34(5,6)7)40(17)33(46)29(24(3)4)42(19)31(44)26(38(14)15)21-36(10)11/h23-29H,20-22H2,1-19H3. The first-order chi connectivity index (χ1) is 20.8. The molecule has 0 aliphatic heterocycles. The van der Waals surface area contributed by atoms with Crippen LogP contribution in [0.4, 0.5) is 0 Å². The van der Waals surface area contributed by atoms with Crippen molar-refractivity contribution in [1.29, 1.82) is 0 Å². The van der Waals surface area contributed by atoms with Crippen LogP contribution in [0.5, 0.6) is 0 Å². The highest BCUT2D eigenvalue weighted by Crippen LogP contribution is 2.27.